The van der Waals surface area contributed by atoms with Crippen molar-refractivity contribution in [2.45, 2.75) is 33.2 Å². The SMILES string of the molecule is COc1cccc(N[C@@H]2CC(=O)N(c3c(C)cc(C)cc3C)C2=O)c1. The molecule has 1 saturated heterocycles. The number of hydrogen-bond acceptors (Lipinski definition) is 4. The van der Waals surface area contributed by atoms with Crippen molar-refractivity contribution in [2.75, 3.05) is 17.3 Å². The van der Waals surface area contributed by atoms with Gasteiger partial charge in [-0.05, 0) is 44.0 Å². The lowest BCUT2D eigenvalue weighted by Gasteiger charge is -2.21. The molecule has 0 aromatic heterocycles. The molecule has 5 nitrogen and oxygen atoms in total. The molecular weight excluding hydrogens is 316 g/mol. The Hall–Kier alpha value is -2.82. The highest BCUT2D eigenvalue weighted by Crippen LogP contribution is 2.32. The van der Waals surface area contributed by atoms with Gasteiger partial charge in [0.25, 0.3) is 5.91 Å². The molecule has 0 spiro atoms. The van der Waals surface area contributed by atoms with Crippen molar-refractivity contribution in [3.63, 3.8) is 0 Å². The minimum absolute atomic E-state index is 0.142. The lowest BCUT2D eigenvalue weighted by Crippen LogP contribution is -2.35. The lowest BCUT2D eigenvalue weighted by atomic mass is 10.0. The van der Waals surface area contributed by atoms with Crippen molar-refractivity contribution in [3.05, 3.63) is 53.1 Å². The molecule has 1 fully saturated rings. The minimum atomic E-state index is -0.570. The van der Waals surface area contributed by atoms with Gasteiger partial charge in [-0.3, -0.25) is 9.59 Å². The average Bonchev–Trinajstić information content (AvgIpc) is 2.82. The molecule has 0 unspecified atom stereocenters. The first-order valence-electron chi connectivity index (χ1n) is 8.26. The van der Waals surface area contributed by atoms with Crippen LogP contribution in [0.5, 0.6) is 5.75 Å². The van der Waals surface area contributed by atoms with Gasteiger partial charge in [-0.1, -0.05) is 23.8 Å². The molecule has 2 amide bonds. The summed E-state index contributed by atoms with van der Waals surface area (Å²) in [7, 11) is 1.59. The second-order valence-corrected chi connectivity index (χ2v) is 6.45. The van der Waals surface area contributed by atoms with Crippen LogP contribution in [0.4, 0.5) is 11.4 Å². The molecule has 0 radical (unpaired) electrons. The number of ether oxygens (including phenoxy) is 1. The van der Waals surface area contributed by atoms with Crippen LogP contribution in [0.2, 0.25) is 0 Å². The number of amides is 2. The van der Waals surface area contributed by atoms with Crippen molar-refractivity contribution in [1.82, 2.24) is 0 Å². The molecule has 0 bridgehead atoms. The maximum absolute atomic E-state index is 12.9. The van der Waals surface area contributed by atoms with Crippen molar-refractivity contribution in [1.29, 1.82) is 0 Å². The first-order chi connectivity index (χ1) is 11.9. The van der Waals surface area contributed by atoms with Crippen LogP contribution in [0.15, 0.2) is 36.4 Å². The number of benzene rings is 2. The fourth-order valence-electron chi connectivity index (χ4n) is 3.42. The Balaban J connectivity index is 1.88. The quantitative estimate of drug-likeness (QED) is 0.869. The number of rotatable bonds is 4. The van der Waals surface area contributed by atoms with Crippen LogP contribution < -0.4 is 15.0 Å². The topological polar surface area (TPSA) is 58.6 Å². The van der Waals surface area contributed by atoms with E-state index in [4.69, 9.17) is 4.74 Å². The van der Waals surface area contributed by atoms with Crippen molar-refractivity contribution < 1.29 is 14.3 Å². The summed E-state index contributed by atoms with van der Waals surface area (Å²) in [5, 5.41) is 3.15. The summed E-state index contributed by atoms with van der Waals surface area (Å²) in [4.78, 5) is 26.7. The van der Waals surface area contributed by atoms with E-state index in [0.29, 0.717) is 11.4 Å². The number of aryl methyl sites for hydroxylation is 3. The van der Waals surface area contributed by atoms with E-state index in [9.17, 15) is 9.59 Å². The zero-order valence-electron chi connectivity index (χ0n) is 14.9. The molecule has 1 heterocycles. The number of methoxy groups -OCH3 is 1. The van der Waals surface area contributed by atoms with E-state index in [1.807, 2.05) is 57.2 Å². The molecule has 1 atom stereocenters. The van der Waals surface area contributed by atoms with Gasteiger partial charge >= 0.3 is 0 Å². The fraction of sp³-hybridized carbons (Fsp3) is 0.300. The number of carbonyl (C=O) groups is 2. The molecule has 1 aliphatic heterocycles. The highest BCUT2D eigenvalue weighted by atomic mass is 16.5. The third-order valence-electron chi connectivity index (χ3n) is 4.42. The van der Waals surface area contributed by atoms with Crippen LogP contribution in [0.1, 0.15) is 23.1 Å². The number of anilines is 2. The van der Waals surface area contributed by atoms with E-state index < -0.39 is 6.04 Å². The number of carbonyl (C=O) groups excluding carboxylic acids is 2. The van der Waals surface area contributed by atoms with Crippen molar-refractivity contribution in [2.24, 2.45) is 0 Å². The molecule has 1 N–H and O–H groups in total. The first-order valence-corrected chi connectivity index (χ1v) is 8.26. The molecule has 2 aromatic rings. The monoisotopic (exact) mass is 338 g/mol. The number of nitrogens with one attached hydrogen (secondary N) is 1. The van der Waals surface area contributed by atoms with E-state index >= 15 is 0 Å². The zero-order chi connectivity index (χ0) is 18.1. The van der Waals surface area contributed by atoms with Gasteiger partial charge < -0.3 is 10.1 Å². The number of imide groups is 1. The van der Waals surface area contributed by atoms with E-state index in [2.05, 4.69) is 5.32 Å². The standard InChI is InChI=1S/C20H22N2O3/c1-12-8-13(2)19(14(3)9-12)22-18(23)11-17(20(22)24)21-15-6-5-7-16(10-15)25-4/h5-10,17,21H,11H2,1-4H3/t17-/m1/s1. The molecular formula is C20H22N2O3. The van der Waals surface area contributed by atoms with Crippen LogP contribution in [0, 0.1) is 20.8 Å². The molecule has 0 aliphatic carbocycles. The summed E-state index contributed by atoms with van der Waals surface area (Å²) < 4.78 is 5.20. The summed E-state index contributed by atoms with van der Waals surface area (Å²) in [6.07, 6.45) is 0.142. The van der Waals surface area contributed by atoms with Gasteiger partial charge in [-0.15, -0.1) is 0 Å². The average molecular weight is 338 g/mol. The summed E-state index contributed by atoms with van der Waals surface area (Å²) in [5.41, 5.74) is 4.44. The Morgan fingerprint density at radius 1 is 1.08 bits per heavy atom. The smallest absolute Gasteiger partial charge is 0.256 e. The van der Waals surface area contributed by atoms with Crippen LogP contribution in [0.3, 0.4) is 0 Å². The van der Waals surface area contributed by atoms with Crippen molar-refractivity contribution >= 4 is 23.2 Å². The summed E-state index contributed by atoms with van der Waals surface area (Å²) in [5.74, 6) is 0.298. The van der Waals surface area contributed by atoms with Gasteiger partial charge in [-0.25, -0.2) is 4.90 Å². The molecule has 130 valence electrons. The van der Waals surface area contributed by atoms with Gasteiger partial charge in [0.1, 0.15) is 11.8 Å². The zero-order valence-corrected chi connectivity index (χ0v) is 14.9. The Morgan fingerprint density at radius 3 is 2.40 bits per heavy atom. The maximum atomic E-state index is 12.9. The second-order valence-electron chi connectivity index (χ2n) is 6.45. The van der Waals surface area contributed by atoms with E-state index in [1.165, 1.54) is 4.90 Å². The predicted molar refractivity (Wildman–Crippen MR) is 98.2 cm³/mol. The second kappa shape index (κ2) is 6.59. The first kappa shape index (κ1) is 17.0. The molecule has 1 aliphatic rings. The molecule has 3 rings (SSSR count). The van der Waals surface area contributed by atoms with Gasteiger partial charge in [0, 0.05) is 11.8 Å². The maximum Gasteiger partial charge on any atom is 0.256 e. The van der Waals surface area contributed by atoms with E-state index in [0.717, 1.165) is 22.4 Å². The van der Waals surface area contributed by atoms with Gasteiger partial charge in [-0.2, -0.15) is 0 Å². The normalized spacial score (nSPS) is 17.1. The fourth-order valence-corrected chi connectivity index (χ4v) is 3.42. The van der Waals surface area contributed by atoms with Crippen LogP contribution >= 0.6 is 0 Å². The van der Waals surface area contributed by atoms with Crippen molar-refractivity contribution in [3.8, 4) is 5.75 Å². The van der Waals surface area contributed by atoms with Crippen LogP contribution in [-0.4, -0.2) is 25.0 Å². The lowest BCUT2D eigenvalue weighted by molar-refractivity contribution is -0.121. The van der Waals surface area contributed by atoms with E-state index in [-0.39, 0.29) is 18.2 Å². The highest BCUT2D eigenvalue weighted by molar-refractivity contribution is 6.23. The van der Waals surface area contributed by atoms with Gasteiger partial charge in [0.2, 0.25) is 5.91 Å². The van der Waals surface area contributed by atoms with Gasteiger partial charge in [0.05, 0.1) is 19.2 Å². The summed E-state index contributed by atoms with van der Waals surface area (Å²) in [6.45, 7) is 5.86. The highest BCUT2D eigenvalue weighted by Gasteiger charge is 2.40. The third kappa shape index (κ3) is 3.22. The van der Waals surface area contributed by atoms with E-state index in [1.54, 1.807) is 7.11 Å². The van der Waals surface area contributed by atoms with Gasteiger partial charge in [0.15, 0.2) is 0 Å². The third-order valence-corrected chi connectivity index (χ3v) is 4.42. The Morgan fingerprint density at radius 2 is 1.76 bits per heavy atom. The predicted octanol–water partition coefficient (Wildman–Crippen LogP) is 3.36. The Labute approximate surface area is 147 Å². The molecule has 2 aromatic carbocycles. The summed E-state index contributed by atoms with van der Waals surface area (Å²) >= 11 is 0. The molecule has 5 heteroatoms. The molecule has 0 saturated carbocycles. The van der Waals surface area contributed by atoms with Crippen LogP contribution in [-0.2, 0) is 9.59 Å². The Kier molecular flexibility index (Phi) is 4.49. The summed E-state index contributed by atoms with van der Waals surface area (Å²) in [6, 6.07) is 10.7. The van der Waals surface area contributed by atoms with Crippen LogP contribution in [0.25, 0.3) is 0 Å². The molecule has 25 heavy (non-hydrogen) atoms. The number of nitrogens with zero attached hydrogens (tertiary/aromatic N) is 1. The number of hydrogen-bond donors (Lipinski definition) is 1. The Bertz CT molecular complexity index is 822. The minimum Gasteiger partial charge on any atom is -0.497 e. The largest absolute Gasteiger partial charge is 0.497 e.